The number of nitrogens with zero attached hydrogens (tertiary/aromatic N) is 5. The van der Waals surface area contributed by atoms with Crippen LogP contribution in [0.25, 0.3) is 16.8 Å². The third-order valence-electron chi connectivity index (χ3n) is 5.24. The van der Waals surface area contributed by atoms with E-state index in [-0.39, 0.29) is 0 Å². The largest absolute Gasteiger partial charge is 0.495 e. The van der Waals surface area contributed by atoms with Crippen molar-refractivity contribution in [3.63, 3.8) is 0 Å². The van der Waals surface area contributed by atoms with E-state index in [1.165, 1.54) is 19.3 Å². The summed E-state index contributed by atoms with van der Waals surface area (Å²) in [6.07, 6.45) is 3.60. The third kappa shape index (κ3) is 3.63. The van der Waals surface area contributed by atoms with Gasteiger partial charge in [-0.3, -0.25) is 4.57 Å². The number of thioether (sulfide) groups is 1. The summed E-state index contributed by atoms with van der Waals surface area (Å²) in [5, 5.41) is 9.87. The molecule has 30 heavy (non-hydrogen) atoms. The zero-order valence-corrected chi connectivity index (χ0v) is 17.6. The summed E-state index contributed by atoms with van der Waals surface area (Å²) >= 11 is 1.57. The van der Waals surface area contributed by atoms with Crippen LogP contribution < -0.4 is 9.64 Å². The quantitative estimate of drug-likeness (QED) is 0.418. The van der Waals surface area contributed by atoms with Gasteiger partial charge in [0, 0.05) is 13.1 Å². The van der Waals surface area contributed by atoms with E-state index in [9.17, 15) is 0 Å². The first-order valence-corrected chi connectivity index (χ1v) is 11.1. The van der Waals surface area contributed by atoms with Crippen LogP contribution in [0.5, 0.6) is 5.75 Å². The van der Waals surface area contributed by atoms with Crippen molar-refractivity contribution in [2.45, 2.75) is 30.2 Å². The van der Waals surface area contributed by atoms with Crippen LogP contribution in [-0.2, 0) is 5.75 Å². The van der Waals surface area contributed by atoms with Crippen LogP contribution in [0.4, 0.5) is 5.95 Å². The van der Waals surface area contributed by atoms with Crippen molar-refractivity contribution >= 4 is 28.8 Å². The summed E-state index contributed by atoms with van der Waals surface area (Å²) < 4.78 is 13.6. The molecule has 1 aliphatic rings. The lowest BCUT2D eigenvalue weighted by atomic mass is 10.1. The molecule has 0 aliphatic carbocycles. The van der Waals surface area contributed by atoms with Gasteiger partial charge in [-0.1, -0.05) is 36.0 Å². The van der Waals surface area contributed by atoms with E-state index < -0.39 is 0 Å². The number of hydrogen-bond donors (Lipinski definition) is 0. The maximum Gasteiger partial charge on any atom is 0.232 e. The van der Waals surface area contributed by atoms with Crippen molar-refractivity contribution < 1.29 is 9.15 Å². The Balaban J connectivity index is 1.50. The van der Waals surface area contributed by atoms with Crippen molar-refractivity contribution in [1.82, 2.24) is 19.7 Å². The van der Waals surface area contributed by atoms with Crippen molar-refractivity contribution in [3.8, 4) is 11.4 Å². The number of rotatable bonds is 6. The van der Waals surface area contributed by atoms with Gasteiger partial charge in [0.2, 0.25) is 11.8 Å². The van der Waals surface area contributed by atoms with Crippen LogP contribution in [-0.4, -0.2) is 39.9 Å². The molecule has 154 valence electrons. The molecule has 2 aromatic heterocycles. The molecule has 8 heteroatoms. The number of aromatic nitrogens is 4. The molecular formula is C22H23N5O2S. The Morgan fingerprint density at radius 1 is 1.00 bits per heavy atom. The van der Waals surface area contributed by atoms with E-state index in [0.717, 1.165) is 46.7 Å². The Bertz CT molecular complexity index is 1120. The second kappa shape index (κ2) is 8.39. The summed E-state index contributed by atoms with van der Waals surface area (Å²) in [5.74, 6) is 2.90. The number of methoxy groups -OCH3 is 1. The molecule has 0 N–H and O–H groups in total. The standard InChI is InChI=1S/C22H23N5O2S/c1-28-19-12-6-4-10-17(19)27-21(26-13-7-2-8-14-26)24-25-22(27)30-15-20-23-16-9-3-5-11-18(16)29-20/h3-6,9-12H,2,7-8,13-15H2,1H3. The van der Waals surface area contributed by atoms with Gasteiger partial charge >= 0.3 is 0 Å². The van der Waals surface area contributed by atoms with E-state index in [0.29, 0.717) is 11.6 Å². The molecular weight excluding hydrogens is 398 g/mol. The first-order chi connectivity index (χ1) is 14.8. The molecule has 1 aliphatic heterocycles. The molecule has 5 rings (SSSR count). The molecule has 0 amide bonds. The van der Waals surface area contributed by atoms with Crippen LogP contribution in [0.2, 0.25) is 0 Å². The van der Waals surface area contributed by atoms with E-state index >= 15 is 0 Å². The highest BCUT2D eigenvalue weighted by Crippen LogP contribution is 2.34. The fourth-order valence-corrected chi connectivity index (χ4v) is 4.57. The summed E-state index contributed by atoms with van der Waals surface area (Å²) in [4.78, 5) is 6.89. The second-order valence-electron chi connectivity index (χ2n) is 7.20. The predicted molar refractivity (Wildman–Crippen MR) is 118 cm³/mol. The topological polar surface area (TPSA) is 69.2 Å². The fraction of sp³-hybridized carbons (Fsp3) is 0.318. The Morgan fingerprint density at radius 2 is 1.80 bits per heavy atom. The monoisotopic (exact) mass is 421 g/mol. The average molecular weight is 422 g/mol. The SMILES string of the molecule is COc1ccccc1-n1c(SCc2nc3ccccc3o2)nnc1N1CCCCC1. The smallest absolute Gasteiger partial charge is 0.232 e. The van der Waals surface area contributed by atoms with E-state index in [1.54, 1.807) is 18.9 Å². The maximum atomic E-state index is 5.88. The maximum absolute atomic E-state index is 5.88. The lowest BCUT2D eigenvalue weighted by Crippen LogP contribution is -2.31. The van der Waals surface area contributed by atoms with Gasteiger partial charge in [-0.2, -0.15) is 0 Å². The zero-order valence-electron chi connectivity index (χ0n) is 16.8. The molecule has 1 saturated heterocycles. The van der Waals surface area contributed by atoms with Gasteiger partial charge < -0.3 is 14.1 Å². The van der Waals surface area contributed by atoms with Gasteiger partial charge in [-0.15, -0.1) is 10.2 Å². The van der Waals surface area contributed by atoms with Gasteiger partial charge in [0.25, 0.3) is 0 Å². The predicted octanol–water partition coefficient (Wildman–Crippen LogP) is 4.70. The number of oxazole rings is 1. The van der Waals surface area contributed by atoms with Crippen LogP contribution in [0.15, 0.2) is 58.1 Å². The van der Waals surface area contributed by atoms with Gasteiger partial charge in [0.1, 0.15) is 11.3 Å². The molecule has 0 bridgehead atoms. The highest BCUT2D eigenvalue weighted by Gasteiger charge is 2.23. The Labute approximate surface area is 179 Å². The van der Waals surface area contributed by atoms with E-state index in [2.05, 4.69) is 24.6 Å². The first-order valence-electron chi connectivity index (χ1n) is 10.1. The molecule has 1 fully saturated rings. The van der Waals surface area contributed by atoms with Crippen molar-refractivity contribution in [2.24, 2.45) is 0 Å². The molecule has 2 aromatic carbocycles. The molecule has 7 nitrogen and oxygen atoms in total. The Kier molecular flexibility index (Phi) is 5.31. The number of hydrogen-bond acceptors (Lipinski definition) is 7. The molecule has 3 heterocycles. The third-order valence-corrected chi connectivity index (χ3v) is 6.16. The van der Waals surface area contributed by atoms with Gasteiger partial charge in [0.15, 0.2) is 10.7 Å². The number of fused-ring (bicyclic) bond motifs is 1. The molecule has 0 atom stereocenters. The van der Waals surface area contributed by atoms with E-state index in [4.69, 9.17) is 9.15 Å². The summed E-state index contributed by atoms with van der Waals surface area (Å²) in [7, 11) is 1.69. The molecule has 0 radical (unpaired) electrons. The first kappa shape index (κ1) is 19.0. The van der Waals surface area contributed by atoms with Gasteiger partial charge in [-0.05, 0) is 43.5 Å². The van der Waals surface area contributed by atoms with Crippen LogP contribution in [0.3, 0.4) is 0 Å². The lowest BCUT2D eigenvalue weighted by molar-refractivity contribution is 0.412. The van der Waals surface area contributed by atoms with Gasteiger partial charge in [0.05, 0.1) is 18.6 Å². The van der Waals surface area contributed by atoms with Crippen LogP contribution in [0.1, 0.15) is 25.2 Å². The highest BCUT2D eigenvalue weighted by molar-refractivity contribution is 7.98. The number of piperidine rings is 1. The van der Waals surface area contributed by atoms with Crippen LogP contribution in [0, 0.1) is 0 Å². The van der Waals surface area contributed by atoms with Gasteiger partial charge in [-0.25, -0.2) is 4.98 Å². The Morgan fingerprint density at radius 3 is 2.63 bits per heavy atom. The zero-order chi connectivity index (χ0) is 20.3. The summed E-state index contributed by atoms with van der Waals surface area (Å²) in [5.41, 5.74) is 2.60. The van der Waals surface area contributed by atoms with Crippen LogP contribution >= 0.6 is 11.8 Å². The average Bonchev–Trinajstić information content (AvgIpc) is 3.42. The molecule has 4 aromatic rings. The number of para-hydroxylation sites is 4. The number of anilines is 1. The lowest BCUT2D eigenvalue weighted by Gasteiger charge is -2.28. The van der Waals surface area contributed by atoms with Crippen molar-refractivity contribution in [1.29, 1.82) is 0 Å². The number of benzene rings is 2. The van der Waals surface area contributed by atoms with Crippen molar-refractivity contribution in [2.75, 3.05) is 25.1 Å². The minimum absolute atomic E-state index is 0.571. The molecule has 0 saturated carbocycles. The summed E-state index contributed by atoms with van der Waals surface area (Å²) in [6, 6.07) is 15.8. The Hall–Kier alpha value is -3.00. The summed E-state index contributed by atoms with van der Waals surface area (Å²) in [6.45, 7) is 1.98. The number of ether oxygens (including phenoxy) is 1. The minimum atomic E-state index is 0.571. The minimum Gasteiger partial charge on any atom is -0.495 e. The van der Waals surface area contributed by atoms with E-state index in [1.807, 2.05) is 48.5 Å². The molecule has 0 unspecified atom stereocenters. The second-order valence-corrected chi connectivity index (χ2v) is 8.14. The fourth-order valence-electron chi connectivity index (χ4n) is 3.79. The van der Waals surface area contributed by atoms with Crippen molar-refractivity contribution in [3.05, 3.63) is 54.4 Å². The molecule has 0 spiro atoms. The normalized spacial score (nSPS) is 14.4. The highest BCUT2D eigenvalue weighted by atomic mass is 32.2.